The van der Waals surface area contributed by atoms with Crippen molar-refractivity contribution in [3.63, 3.8) is 0 Å². The minimum atomic E-state index is -1.25. The van der Waals surface area contributed by atoms with Crippen molar-refractivity contribution in [1.29, 1.82) is 0 Å². The molecule has 0 spiro atoms. The zero-order valence-electron chi connectivity index (χ0n) is 13.5. The Morgan fingerprint density at radius 1 is 1.12 bits per heavy atom. The lowest BCUT2D eigenvalue weighted by Crippen LogP contribution is -2.40. The highest BCUT2D eigenvalue weighted by Gasteiger charge is 2.48. The Morgan fingerprint density at radius 3 is 2.28 bits per heavy atom. The smallest absolute Gasteiger partial charge is 0.325 e. The summed E-state index contributed by atoms with van der Waals surface area (Å²) in [4.78, 5) is 37.2. The van der Waals surface area contributed by atoms with Crippen molar-refractivity contribution >= 4 is 17.8 Å². The largest absolute Gasteiger partial charge is 0.366 e. The predicted molar refractivity (Wildman–Crippen MR) is 87.8 cm³/mol. The van der Waals surface area contributed by atoms with Gasteiger partial charge in [-0.1, -0.05) is 24.3 Å². The molecule has 2 aromatic carbocycles. The molecule has 128 valence electrons. The van der Waals surface area contributed by atoms with E-state index in [1.807, 2.05) is 0 Å². The van der Waals surface area contributed by atoms with Gasteiger partial charge in [0, 0.05) is 5.56 Å². The second-order valence-corrected chi connectivity index (χ2v) is 6.01. The van der Waals surface area contributed by atoms with Crippen LogP contribution in [0, 0.1) is 5.82 Å². The molecule has 1 saturated heterocycles. The molecule has 0 saturated carbocycles. The maximum Gasteiger partial charge on any atom is 0.325 e. The minimum Gasteiger partial charge on any atom is -0.366 e. The molecular weight excluding hydrogens is 325 g/mol. The van der Waals surface area contributed by atoms with Gasteiger partial charge in [-0.25, -0.2) is 9.18 Å². The monoisotopic (exact) mass is 341 g/mol. The summed E-state index contributed by atoms with van der Waals surface area (Å²) in [7, 11) is 0. The average molecular weight is 341 g/mol. The predicted octanol–water partition coefficient (Wildman–Crippen LogP) is 1.89. The molecule has 1 aliphatic rings. The summed E-state index contributed by atoms with van der Waals surface area (Å²) >= 11 is 0. The molecule has 6 nitrogen and oxygen atoms in total. The first kappa shape index (κ1) is 16.6. The fourth-order valence-electron chi connectivity index (χ4n) is 2.78. The van der Waals surface area contributed by atoms with Gasteiger partial charge < -0.3 is 11.1 Å². The van der Waals surface area contributed by atoms with E-state index in [4.69, 9.17) is 5.73 Å². The van der Waals surface area contributed by atoms with Crippen LogP contribution in [-0.2, 0) is 16.9 Å². The van der Waals surface area contributed by atoms with E-state index in [0.29, 0.717) is 16.7 Å². The van der Waals surface area contributed by atoms with Gasteiger partial charge in [0.25, 0.3) is 5.91 Å². The van der Waals surface area contributed by atoms with E-state index in [1.165, 1.54) is 36.4 Å². The first-order chi connectivity index (χ1) is 11.8. The fourth-order valence-corrected chi connectivity index (χ4v) is 2.78. The number of nitrogens with zero attached hydrogens (tertiary/aromatic N) is 1. The molecule has 1 atom stereocenters. The van der Waals surface area contributed by atoms with E-state index < -0.39 is 29.2 Å². The first-order valence-electron chi connectivity index (χ1n) is 7.60. The molecule has 0 bridgehead atoms. The maximum absolute atomic E-state index is 13.1. The SMILES string of the molecule is CC1(c2ccc(F)cc2)NC(=O)N(Cc2ccc(C(N)=O)cc2)C1=O. The molecule has 3 rings (SSSR count). The van der Waals surface area contributed by atoms with Gasteiger partial charge in [0.2, 0.25) is 5.91 Å². The highest BCUT2D eigenvalue weighted by atomic mass is 19.1. The number of rotatable bonds is 4. The number of urea groups is 1. The Morgan fingerprint density at radius 2 is 1.72 bits per heavy atom. The number of hydrogen-bond acceptors (Lipinski definition) is 3. The summed E-state index contributed by atoms with van der Waals surface area (Å²) in [5.41, 5.74) is 5.46. The molecule has 7 heteroatoms. The number of halogens is 1. The summed E-state index contributed by atoms with van der Waals surface area (Å²) in [5.74, 6) is -1.40. The van der Waals surface area contributed by atoms with Crippen LogP contribution < -0.4 is 11.1 Å². The summed E-state index contributed by atoms with van der Waals surface area (Å²) in [6, 6.07) is 11.2. The van der Waals surface area contributed by atoms with Gasteiger partial charge in [-0.2, -0.15) is 0 Å². The molecule has 4 amide bonds. The lowest BCUT2D eigenvalue weighted by molar-refractivity contribution is -0.131. The van der Waals surface area contributed by atoms with Gasteiger partial charge in [0.1, 0.15) is 11.4 Å². The first-order valence-corrected chi connectivity index (χ1v) is 7.60. The molecule has 25 heavy (non-hydrogen) atoms. The second-order valence-electron chi connectivity index (χ2n) is 6.01. The van der Waals surface area contributed by atoms with Crippen LogP contribution in [0.1, 0.15) is 28.4 Å². The third kappa shape index (κ3) is 2.96. The summed E-state index contributed by atoms with van der Waals surface area (Å²) in [6.45, 7) is 1.64. The number of primary amides is 1. The summed E-state index contributed by atoms with van der Waals surface area (Å²) < 4.78 is 13.1. The molecular formula is C18H16FN3O3. The second kappa shape index (κ2) is 6.01. The van der Waals surface area contributed by atoms with Gasteiger partial charge >= 0.3 is 6.03 Å². The molecule has 1 aliphatic heterocycles. The van der Waals surface area contributed by atoms with Crippen LogP contribution in [0.25, 0.3) is 0 Å². The Kier molecular flexibility index (Phi) is 4.00. The van der Waals surface area contributed by atoms with Gasteiger partial charge in [0.15, 0.2) is 0 Å². The number of nitrogens with one attached hydrogen (secondary N) is 1. The van der Waals surface area contributed by atoms with E-state index in [-0.39, 0.29) is 6.54 Å². The van der Waals surface area contributed by atoms with E-state index in [2.05, 4.69) is 5.32 Å². The maximum atomic E-state index is 13.1. The van der Waals surface area contributed by atoms with Gasteiger partial charge in [-0.05, 0) is 42.3 Å². The molecule has 1 heterocycles. The Balaban J connectivity index is 1.83. The van der Waals surface area contributed by atoms with E-state index in [9.17, 15) is 18.8 Å². The van der Waals surface area contributed by atoms with E-state index >= 15 is 0 Å². The lowest BCUT2D eigenvalue weighted by Gasteiger charge is -2.22. The molecule has 2 aromatic rings. The van der Waals surface area contributed by atoms with Crippen molar-refractivity contribution in [3.05, 3.63) is 71.0 Å². The third-order valence-corrected chi connectivity index (χ3v) is 4.28. The third-order valence-electron chi connectivity index (χ3n) is 4.28. The normalized spacial score (nSPS) is 19.8. The number of hydrogen-bond donors (Lipinski definition) is 2. The zero-order chi connectivity index (χ0) is 18.2. The van der Waals surface area contributed by atoms with Crippen LogP contribution >= 0.6 is 0 Å². The van der Waals surface area contributed by atoms with Crippen molar-refractivity contribution < 1.29 is 18.8 Å². The summed E-state index contributed by atoms with van der Waals surface area (Å²) in [6.07, 6.45) is 0. The zero-order valence-corrected chi connectivity index (χ0v) is 13.5. The van der Waals surface area contributed by atoms with Gasteiger partial charge in [-0.15, -0.1) is 0 Å². The molecule has 3 N–H and O–H groups in total. The quantitative estimate of drug-likeness (QED) is 0.832. The number of nitrogens with two attached hydrogens (primary N) is 1. The van der Waals surface area contributed by atoms with Crippen molar-refractivity contribution in [1.82, 2.24) is 10.2 Å². The van der Waals surface area contributed by atoms with Crippen LogP contribution in [0.2, 0.25) is 0 Å². The number of carbonyl (C=O) groups excluding carboxylic acids is 3. The van der Waals surface area contributed by atoms with Crippen LogP contribution in [0.4, 0.5) is 9.18 Å². The fraction of sp³-hybridized carbons (Fsp3) is 0.167. The Hall–Kier alpha value is -3.22. The van der Waals surface area contributed by atoms with Gasteiger partial charge in [-0.3, -0.25) is 14.5 Å². The van der Waals surface area contributed by atoms with Crippen molar-refractivity contribution in [2.75, 3.05) is 0 Å². The van der Waals surface area contributed by atoms with E-state index in [1.54, 1.807) is 19.1 Å². The van der Waals surface area contributed by atoms with Crippen LogP contribution in [0.5, 0.6) is 0 Å². The molecule has 0 aliphatic carbocycles. The topological polar surface area (TPSA) is 92.5 Å². The van der Waals surface area contributed by atoms with E-state index in [0.717, 1.165) is 4.90 Å². The van der Waals surface area contributed by atoms with Crippen molar-refractivity contribution in [2.45, 2.75) is 19.0 Å². The number of benzene rings is 2. The molecule has 1 unspecified atom stereocenters. The number of carbonyl (C=O) groups is 3. The van der Waals surface area contributed by atoms with Gasteiger partial charge in [0.05, 0.1) is 6.54 Å². The highest BCUT2D eigenvalue weighted by Crippen LogP contribution is 2.29. The number of amides is 4. The standard InChI is InChI=1S/C18H16FN3O3/c1-18(13-6-8-14(19)9-7-13)16(24)22(17(25)21-18)10-11-2-4-12(5-3-11)15(20)23/h2-9H,10H2,1H3,(H2,20,23)(H,21,25). The van der Waals surface area contributed by atoms with Crippen molar-refractivity contribution in [2.24, 2.45) is 5.73 Å². The summed E-state index contributed by atoms with van der Waals surface area (Å²) in [5, 5.41) is 2.66. The number of imide groups is 1. The van der Waals surface area contributed by atoms with Crippen molar-refractivity contribution in [3.8, 4) is 0 Å². The molecule has 0 radical (unpaired) electrons. The molecule has 0 aromatic heterocycles. The molecule has 1 fully saturated rings. The average Bonchev–Trinajstić information content (AvgIpc) is 2.80. The Labute approximate surface area is 143 Å². The van der Waals surface area contributed by atoms with Crippen LogP contribution in [0.15, 0.2) is 48.5 Å². The van der Waals surface area contributed by atoms with Crippen LogP contribution in [0.3, 0.4) is 0 Å². The highest BCUT2D eigenvalue weighted by molar-refractivity contribution is 6.07. The van der Waals surface area contributed by atoms with Crippen LogP contribution in [-0.4, -0.2) is 22.7 Å². The lowest BCUT2D eigenvalue weighted by atomic mass is 9.92. The Bertz CT molecular complexity index is 849. The minimum absolute atomic E-state index is 0.0560.